The second kappa shape index (κ2) is 5.80. The Hall–Kier alpha value is -0.970. The predicted molar refractivity (Wildman–Crippen MR) is 58.6 cm³/mol. The molecule has 1 N–H and O–H groups in total. The molecule has 0 spiro atoms. The van der Waals surface area contributed by atoms with Crippen LogP contribution in [0.2, 0.25) is 0 Å². The van der Waals surface area contributed by atoms with Crippen molar-refractivity contribution >= 4 is 0 Å². The van der Waals surface area contributed by atoms with Crippen molar-refractivity contribution in [3.05, 3.63) is 29.6 Å². The van der Waals surface area contributed by atoms with Crippen molar-refractivity contribution in [3.8, 4) is 0 Å². The van der Waals surface area contributed by atoms with Gasteiger partial charge < -0.3 is 14.8 Å². The van der Waals surface area contributed by atoms with E-state index in [0.29, 0.717) is 0 Å². The summed E-state index contributed by atoms with van der Waals surface area (Å²) in [7, 11) is 5.12. The highest BCUT2D eigenvalue weighted by atomic mass is 16.7. The predicted octanol–water partition coefficient (Wildman–Crippen LogP) is 1.27. The highest BCUT2D eigenvalue weighted by molar-refractivity contribution is 5.17. The van der Waals surface area contributed by atoms with Crippen LogP contribution in [0.15, 0.2) is 18.3 Å². The van der Waals surface area contributed by atoms with Crippen LogP contribution in [0.3, 0.4) is 0 Å². The van der Waals surface area contributed by atoms with Gasteiger partial charge in [-0.3, -0.25) is 4.98 Å². The monoisotopic (exact) mass is 210 g/mol. The molecule has 1 aromatic rings. The molecule has 1 rings (SSSR count). The number of nitrogens with one attached hydrogen (secondary N) is 1. The molecule has 0 bridgehead atoms. The molecular formula is C11H18N2O2. The number of aryl methyl sites for hydroxylation is 1. The van der Waals surface area contributed by atoms with E-state index in [0.717, 1.165) is 11.3 Å². The lowest BCUT2D eigenvalue weighted by atomic mass is 10.1. The molecular weight excluding hydrogens is 192 g/mol. The summed E-state index contributed by atoms with van der Waals surface area (Å²) >= 11 is 0. The summed E-state index contributed by atoms with van der Waals surface area (Å²) in [4.78, 5) is 4.25. The fourth-order valence-corrected chi connectivity index (χ4v) is 1.49. The topological polar surface area (TPSA) is 43.4 Å². The molecule has 0 aliphatic carbocycles. The van der Waals surface area contributed by atoms with Gasteiger partial charge >= 0.3 is 0 Å². The molecule has 0 amide bonds. The summed E-state index contributed by atoms with van der Waals surface area (Å²) < 4.78 is 10.4. The zero-order valence-electron chi connectivity index (χ0n) is 9.65. The van der Waals surface area contributed by atoms with Gasteiger partial charge in [0.15, 0.2) is 6.29 Å². The number of methoxy groups -OCH3 is 2. The number of hydrogen-bond donors (Lipinski definition) is 1. The SMILES string of the molecule is CNC(c1ccc(C)nc1)C(OC)OC. The molecule has 0 aliphatic rings. The van der Waals surface area contributed by atoms with Gasteiger partial charge in [-0.1, -0.05) is 6.07 Å². The van der Waals surface area contributed by atoms with E-state index in [4.69, 9.17) is 9.47 Å². The van der Waals surface area contributed by atoms with E-state index in [1.54, 1.807) is 14.2 Å². The maximum atomic E-state index is 5.22. The molecule has 0 saturated carbocycles. The van der Waals surface area contributed by atoms with Crippen molar-refractivity contribution in [1.82, 2.24) is 10.3 Å². The second-order valence-electron chi connectivity index (χ2n) is 3.34. The van der Waals surface area contributed by atoms with Gasteiger partial charge in [0.2, 0.25) is 0 Å². The van der Waals surface area contributed by atoms with Crippen LogP contribution < -0.4 is 5.32 Å². The average molecular weight is 210 g/mol. The third-order valence-electron chi connectivity index (χ3n) is 2.34. The van der Waals surface area contributed by atoms with E-state index >= 15 is 0 Å². The van der Waals surface area contributed by atoms with Crippen molar-refractivity contribution in [1.29, 1.82) is 0 Å². The van der Waals surface area contributed by atoms with Gasteiger partial charge in [-0.15, -0.1) is 0 Å². The summed E-state index contributed by atoms with van der Waals surface area (Å²) in [6, 6.07) is 3.99. The Morgan fingerprint density at radius 2 is 1.93 bits per heavy atom. The Morgan fingerprint density at radius 1 is 1.27 bits per heavy atom. The first-order valence-corrected chi connectivity index (χ1v) is 4.88. The Bertz CT molecular complexity index is 283. The largest absolute Gasteiger partial charge is 0.354 e. The van der Waals surface area contributed by atoms with Gasteiger partial charge in [-0.25, -0.2) is 0 Å². The van der Waals surface area contributed by atoms with Crippen LogP contribution in [0.4, 0.5) is 0 Å². The molecule has 0 aliphatic heterocycles. The molecule has 1 atom stereocenters. The van der Waals surface area contributed by atoms with Crippen molar-refractivity contribution < 1.29 is 9.47 Å². The van der Waals surface area contributed by atoms with E-state index in [9.17, 15) is 0 Å². The summed E-state index contributed by atoms with van der Waals surface area (Å²) in [5, 5.41) is 3.15. The molecule has 15 heavy (non-hydrogen) atoms. The standard InChI is InChI=1S/C11H18N2O2/c1-8-5-6-9(7-13-8)10(12-2)11(14-3)15-4/h5-7,10-12H,1-4H3. The maximum absolute atomic E-state index is 5.22. The second-order valence-corrected chi connectivity index (χ2v) is 3.34. The fourth-order valence-electron chi connectivity index (χ4n) is 1.49. The average Bonchev–Trinajstić information content (AvgIpc) is 2.27. The lowest BCUT2D eigenvalue weighted by Crippen LogP contribution is -2.32. The first-order valence-electron chi connectivity index (χ1n) is 4.88. The number of aromatic nitrogens is 1. The third-order valence-corrected chi connectivity index (χ3v) is 2.34. The summed E-state index contributed by atoms with van der Waals surface area (Å²) in [6.45, 7) is 1.96. The van der Waals surface area contributed by atoms with E-state index in [-0.39, 0.29) is 12.3 Å². The molecule has 1 aromatic heterocycles. The van der Waals surface area contributed by atoms with Crippen LogP contribution in [0.1, 0.15) is 17.3 Å². The maximum Gasteiger partial charge on any atom is 0.176 e. The van der Waals surface area contributed by atoms with Gasteiger partial charge in [0.05, 0.1) is 6.04 Å². The normalized spacial score (nSPS) is 13.1. The van der Waals surface area contributed by atoms with Crippen molar-refractivity contribution in [2.45, 2.75) is 19.3 Å². The van der Waals surface area contributed by atoms with E-state index in [2.05, 4.69) is 10.3 Å². The van der Waals surface area contributed by atoms with Crippen molar-refractivity contribution in [3.63, 3.8) is 0 Å². The summed E-state index contributed by atoms with van der Waals surface area (Å²) in [5.74, 6) is 0. The minimum absolute atomic E-state index is 0.00639. The number of rotatable bonds is 5. The number of ether oxygens (including phenoxy) is 2. The molecule has 4 nitrogen and oxygen atoms in total. The molecule has 1 heterocycles. The van der Waals surface area contributed by atoms with E-state index < -0.39 is 0 Å². The van der Waals surface area contributed by atoms with Gasteiger partial charge in [-0.2, -0.15) is 0 Å². The lowest BCUT2D eigenvalue weighted by Gasteiger charge is -2.24. The third kappa shape index (κ3) is 2.99. The van der Waals surface area contributed by atoms with Crippen LogP contribution in [0.25, 0.3) is 0 Å². The molecule has 1 unspecified atom stereocenters. The highest BCUT2D eigenvalue weighted by Gasteiger charge is 2.20. The first-order chi connectivity index (χ1) is 7.22. The zero-order chi connectivity index (χ0) is 11.3. The van der Waals surface area contributed by atoms with Crippen LogP contribution in [0.5, 0.6) is 0 Å². The number of hydrogen-bond acceptors (Lipinski definition) is 4. The van der Waals surface area contributed by atoms with Gasteiger partial charge in [0, 0.05) is 26.1 Å². The van der Waals surface area contributed by atoms with Crippen molar-refractivity contribution in [2.75, 3.05) is 21.3 Å². The van der Waals surface area contributed by atoms with Crippen LogP contribution >= 0.6 is 0 Å². The minimum atomic E-state index is -0.306. The molecule has 4 heteroatoms. The van der Waals surface area contributed by atoms with Crippen molar-refractivity contribution in [2.24, 2.45) is 0 Å². The van der Waals surface area contributed by atoms with Crippen LogP contribution in [0, 0.1) is 6.92 Å². The number of nitrogens with zero attached hydrogens (tertiary/aromatic N) is 1. The lowest BCUT2D eigenvalue weighted by molar-refractivity contribution is -0.123. The Kier molecular flexibility index (Phi) is 4.68. The summed E-state index contributed by atoms with van der Waals surface area (Å²) in [5.41, 5.74) is 2.05. The Labute approximate surface area is 90.6 Å². The molecule has 84 valence electrons. The van der Waals surface area contributed by atoms with Crippen LogP contribution in [-0.2, 0) is 9.47 Å². The molecule has 0 saturated heterocycles. The van der Waals surface area contributed by atoms with Crippen LogP contribution in [-0.4, -0.2) is 32.5 Å². The number of pyridine rings is 1. The Morgan fingerprint density at radius 3 is 2.33 bits per heavy atom. The van der Waals surface area contributed by atoms with E-state index in [1.807, 2.05) is 32.3 Å². The Balaban J connectivity index is 2.86. The number of likely N-dealkylation sites (N-methyl/N-ethyl adjacent to an activating group) is 1. The molecule has 0 aromatic carbocycles. The van der Waals surface area contributed by atoms with Gasteiger partial charge in [-0.05, 0) is 25.6 Å². The fraction of sp³-hybridized carbons (Fsp3) is 0.545. The smallest absolute Gasteiger partial charge is 0.176 e. The zero-order valence-corrected chi connectivity index (χ0v) is 9.65. The van der Waals surface area contributed by atoms with Gasteiger partial charge in [0.25, 0.3) is 0 Å². The quantitative estimate of drug-likeness (QED) is 0.743. The summed E-state index contributed by atoms with van der Waals surface area (Å²) in [6.07, 6.45) is 1.53. The molecule has 0 radical (unpaired) electrons. The van der Waals surface area contributed by atoms with Gasteiger partial charge in [0.1, 0.15) is 0 Å². The molecule has 0 fully saturated rings. The minimum Gasteiger partial charge on any atom is -0.354 e. The first kappa shape index (κ1) is 12.1. The van der Waals surface area contributed by atoms with E-state index in [1.165, 1.54) is 0 Å². The highest BCUT2D eigenvalue weighted by Crippen LogP contribution is 2.18.